The highest BCUT2D eigenvalue weighted by atomic mass is 35.5. The quantitative estimate of drug-likeness (QED) is 0.688. The van der Waals surface area contributed by atoms with Crippen molar-refractivity contribution in [2.24, 2.45) is 0 Å². The average molecular weight is 319 g/mol. The second-order valence-electron chi connectivity index (χ2n) is 6.65. The smallest absolute Gasteiger partial charge is 0.250 e. The van der Waals surface area contributed by atoms with Gasteiger partial charge in [-0.2, -0.15) is 0 Å². The van der Waals surface area contributed by atoms with Gasteiger partial charge in [0.1, 0.15) is 5.75 Å². The van der Waals surface area contributed by atoms with Gasteiger partial charge in [-0.15, -0.1) is 0 Å². The lowest BCUT2D eigenvalue weighted by molar-refractivity contribution is 0.490. The summed E-state index contributed by atoms with van der Waals surface area (Å²) in [6.07, 6.45) is 1.78. The van der Waals surface area contributed by atoms with Crippen LogP contribution in [0.5, 0.6) is 5.75 Å². The molecule has 0 unspecified atom stereocenters. The first-order valence-electron chi connectivity index (χ1n) is 7.02. The lowest BCUT2D eigenvalue weighted by Crippen LogP contribution is -2.43. The second kappa shape index (κ2) is 5.82. The molecule has 0 aliphatic rings. The van der Waals surface area contributed by atoms with Crippen LogP contribution in [-0.4, -0.2) is 13.3 Å². The molecule has 0 saturated heterocycles. The Labute approximate surface area is 133 Å². The fraction of sp³-hybridized carbons (Fsp3) is 0.353. The molecule has 2 nitrogen and oxygen atoms in total. The van der Waals surface area contributed by atoms with Crippen LogP contribution in [-0.2, 0) is 0 Å². The highest BCUT2D eigenvalue weighted by Gasteiger charge is 2.38. The highest BCUT2D eigenvalue weighted by Crippen LogP contribution is 2.37. The van der Waals surface area contributed by atoms with Crippen molar-refractivity contribution in [2.75, 3.05) is 0 Å². The number of pyridine rings is 1. The number of nitrogens with zero attached hydrogens (tertiary/aromatic N) is 1. The fourth-order valence-electron chi connectivity index (χ4n) is 1.66. The molecule has 1 radical (unpaired) electrons. The van der Waals surface area contributed by atoms with Gasteiger partial charge >= 0.3 is 0 Å². The van der Waals surface area contributed by atoms with Crippen molar-refractivity contribution in [3.8, 4) is 17.0 Å². The monoisotopic (exact) mass is 318 g/mol. The van der Waals surface area contributed by atoms with E-state index in [9.17, 15) is 0 Å². The topological polar surface area (TPSA) is 22.1 Å². The summed E-state index contributed by atoms with van der Waals surface area (Å²) in [5.41, 5.74) is 1.72. The molecule has 0 spiro atoms. The van der Waals surface area contributed by atoms with Gasteiger partial charge in [-0.25, -0.2) is 0 Å². The maximum atomic E-state index is 6.22. The molecule has 0 fully saturated rings. The average Bonchev–Trinajstić information content (AvgIpc) is 2.39. The summed E-state index contributed by atoms with van der Waals surface area (Å²) in [5.74, 6) is 0.821. The van der Waals surface area contributed by atoms with Crippen molar-refractivity contribution < 1.29 is 4.43 Å². The van der Waals surface area contributed by atoms with E-state index in [0.717, 1.165) is 17.0 Å². The third-order valence-electron chi connectivity index (χ3n) is 4.00. The van der Waals surface area contributed by atoms with Crippen molar-refractivity contribution in [2.45, 2.75) is 38.9 Å². The molecule has 0 N–H and O–H groups in total. The van der Waals surface area contributed by atoms with Gasteiger partial charge < -0.3 is 4.43 Å². The zero-order valence-corrected chi connectivity index (χ0v) is 15.0. The third-order valence-corrected chi connectivity index (χ3v) is 8.69. The molecule has 1 aromatic carbocycles. The Hall–Kier alpha value is -1.32. The molecule has 21 heavy (non-hydrogen) atoms. The van der Waals surface area contributed by atoms with Crippen LogP contribution in [0.3, 0.4) is 0 Å². The standard InChI is InChI=1S/C17H21ClNOSi/c1-17(2,3)21(4,5)20-13-10-11-16(19-12-13)14-8-6-7-9-15(14)18/h7-12H,1-5H3. The zero-order valence-electron chi connectivity index (χ0n) is 13.2. The van der Waals surface area contributed by atoms with Crippen molar-refractivity contribution in [3.63, 3.8) is 0 Å². The van der Waals surface area contributed by atoms with Crippen molar-refractivity contribution in [3.05, 3.63) is 47.6 Å². The first-order chi connectivity index (χ1) is 9.71. The van der Waals surface area contributed by atoms with E-state index in [2.05, 4.69) is 44.9 Å². The largest absolute Gasteiger partial charge is 0.542 e. The fourth-order valence-corrected chi connectivity index (χ4v) is 2.89. The summed E-state index contributed by atoms with van der Waals surface area (Å²) in [6.45, 7) is 11.1. The molecule has 0 bridgehead atoms. The molecule has 0 amide bonds. The lowest BCUT2D eigenvalue weighted by atomic mass is 10.1. The highest BCUT2D eigenvalue weighted by molar-refractivity contribution is 6.74. The Bertz CT molecular complexity index is 617. The maximum absolute atomic E-state index is 6.22. The Morgan fingerprint density at radius 3 is 2.43 bits per heavy atom. The minimum atomic E-state index is -1.83. The molecule has 4 heteroatoms. The predicted octanol–water partition coefficient (Wildman–Crippen LogP) is 5.59. The van der Waals surface area contributed by atoms with Crippen LogP contribution in [0, 0.1) is 6.07 Å². The van der Waals surface area contributed by atoms with Crippen LogP contribution in [0.15, 0.2) is 36.5 Å². The Morgan fingerprint density at radius 1 is 1.19 bits per heavy atom. The summed E-state index contributed by atoms with van der Waals surface area (Å²) in [7, 11) is -1.83. The normalized spacial score (nSPS) is 12.3. The van der Waals surface area contributed by atoms with Crippen LogP contribution < -0.4 is 4.43 Å². The van der Waals surface area contributed by atoms with E-state index in [1.165, 1.54) is 0 Å². The molecular formula is C17H21ClNOSi. The van der Waals surface area contributed by atoms with E-state index >= 15 is 0 Å². The van der Waals surface area contributed by atoms with Crippen LogP contribution in [0.1, 0.15) is 20.8 Å². The first-order valence-corrected chi connectivity index (χ1v) is 10.3. The van der Waals surface area contributed by atoms with E-state index in [4.69, 9.17) is 16.0 Å². The Kier molecular flexibility index (Phi) is 4.45. The van der Waals surface area contributed by atoms with Gasteiger partial charge in [0.2, 0.25) is 0 Å². The van der Waals surface area contributed by atoms with Crippen molar-refractivity contribution >= 4 is 19.9 Å². The van der Waals surface area contributed by atoms with Gasteiger partial charge in [0.25, 0.3) is 8.32 Å². The summed E-state index contributed by atoms with van der Waals surface area (Å²) in [4.78, 5) is 4.47. The molecule has 111 valence electrons. The summed E-state index contributed by atoms with van der Waals surface area (Å²) in [6, 6.07) is 12.4. The van der Waals surface area contributed by atoms with Crippen LogP contribution >= 0.6 is 11.6 Å². The van der Waals surface area contributed by atoms with Gasteiger partial charge in [0, 0.05) is 10.6 Å². The number of benzene rings is 1. The molecule has 0 atom stereocenters. The van der Waals surface area contributed by atoms with Gasteiger partial charge in [0.05, 0.1) is 11.9 Å². The van der Waals surface area contributed by atoms with E-state index in [0.29, 0.717) is 5.02 Å². The van der Waals surface area contributed by atoms with Gasteiger partial charge in [-0.05, 0) is 48.5 Å². The van der Waals surface area contributed by atoms with Crippen molar-refractivity contribution in [1.82, 2.24) is 4.98 Å². The first kappa shape index (κ1) is 16.1. The molecule has 2 aromatic rings. The van der Waals surface area contributed by atoms with E-state index in [1.807, 2.05) is 24.3 Å². The van der Waals surface area contributed by atoms with E-state index in [1.54, 1.807) is 12.3 Å². The van der Waals surface area contributed by atoms with Gasteiger partial charge in [0.15, 0.2) is 0 Å². The van der Waals surface area contributed by atoms with E-state index in [-0.39, 0.29) is 5.04 Å². The number of aromatic nitrogens is 1. The number of hydrogen-bond donors (Lipinski definition) is 0. The minimum Gasteiger partial charge on any atom is -0.542 e. The number of rotatable bonds is 3. The summed E-state index contributed by atoms with van der Waals surface area (Å²) >= 11 is 6.18. The van der Waals surface area contributed by atoms with Crippen LogP contribution in [0.4, 0.5) is 0 Å². The second-order valence-corrected chi connectivity index (χ2v) is 11.8. The van der Waals surface area contributed by atoms with Crippen LogP contribution in [0.25, 0.3) is 11.3 Å². The Morgan fingerprint density at radius 2 is 1.90 bits per heavy atom. The van der Waals surface area contributed by atoms with Gasteiger partial charge in [-0.3, -0.25) is 4.98 Å². The SMILES string of the molecule is CC(C)(C)[Si](C)(C)Oc1ccc(-c2c[c]ccc2Cl)nc1. The molecular weight excluding hydrogens is 298 g/mol. The van der Waals surface area contributed by atoms with Gasteiger partial charge in [-0.1, -0.05) is 38.4 Å². The lowest BCUT2D eigenvalue weighted by Gasteiger charge is -2.36. The molecule has 0 saturated carbocycles. The van der Waals surface area contributed by atoms with Crippen LogP contribution in [0.2, 0.25) is 23.2 Å². The number of hydrogen-bond acceptors (Lipinski definition) is 2. The minimum absolute atomic E-state index is 0.170. The van der Waals surface area contributed by atoms with E-state index < -0.39 is 8.32 Å². The number of halogens is 1. The maximum Gasteiger partial charge on any atom is 0.250 e. The Balaban J connectivity index is 2.23. The summed E-state index contributed by atoms with van der Waals surface area (Å²) in [5, 5.41) is 0.850. The molecule has 1 aromatic heterocycles. The van der Waals surface area contributed by atoms with Crippen molar-refractivity contribution in [1.29, 1.82) is 0 Å². The molecule has 0 aliphatic carbocycles. The molecule has 0 aliphatic heterocycles. The predicted molar refractivity (Wildman–Crippen MR) is 91.3 cm³/mol. The molecule has 2 rings (SSSR count). The zero-order chi connectivity index (χ0) is 15.7. The third kappa shape index (κ3) is 3.66. The molecule has 1 heterocycles. The summed E-state index contributed by atoms with van der Waals surface area (Å²) < 4.78 is 6.22.